The van der Waals surface area contributed by atoms with Crippen molar-refractivity contribution >= 4 is 18.5 Å². The summed E-state index contributed by atoms with van der Waals surface area (Å²) in [6.07, 6.45) is 0.411. The quantitative estimate of drug-likeness (QED) is 0.776. The van der Waals surface area contributed by atoms with Crippen LogP contribution in [0.1, 0.15) is 17.5 Å². The number of amides is 1. The molecule has 1 aromatic rings. The van der Waals surface area contributed by atoms with E-state index in [1.54, 1.807) is 14.2 Å². The molecular formula is C13H19NO3S. The van der Waals surface area contributed by atoms with Crippen LogP contribution in [0.4, 0.5) is 0 Å². The smallest absolute Gasteiger partial charge is 0.221 e. The molecule has 100 valence electrons. The van der Waals surface area contributed by atoms with Gasteiger partial charge in [-0.25, -0.2) is 0 Å². The second-order valence-electron chi connectivity index (χ2n) is 3.88. The maximum Gasteiger partial charge on any atom is 0.221 e. The highest BCUT2D eigenvalue weighted by Crippen LogP contribution is 2.28. The van der Waals surface area contributed by atoms with E-state index < -0.39 is 0 Å². The lowest BCUT2D eigenvalue weighted by molar-refractivity contribution is -0.120. The summed E-state index contributed by atoms with van der Waals surface area (Å²) in [5.74, 6) is 2.06. The van der Waals surface area contributed by atoms with Crippen molar-refractivity contribution < 1.29 is 14.3 Å². The predicted octanol–water partition coefficient (Wildman–Crippen LogP) is 1.95. The molecule has 0 atom stereocenters. The summed E-state index contributed by atoms with van der Waals surface area (Å²) in [5, 5.41) is 2.82. The van der Waals surface area contributed by atoms with Crippen molar-refractivity contribution in [3.05, 3.63) is 23.3 Å². The molecule has 4 nitrogen and oxygen atoms in total. The van der Waals surface area contributed by atoms with Crippen molar-refractivity contribution in [2.24, 2.45) is 0 Å². The Labute approximate surface area is 113 Å². The highest BCUT2D eigenvalue weighted by atomic mass is 32.1. The number of carbonyl (C=O) groups excluding carboxylic acids is 1. The van der Waals surface area contributed by atoms with Crippen LogP contribution in [0.15, 0.2) is 12.1 Å². The third-order valence-corrected chi connectivity index (χ3v) is 2.84. The fourth-order valence-electron chi connectivity index (χ4n) is 1.64. The van der Waals surface area contributed by atoms with E-state index in [-0.39, 0.29) is 5.91 Å². The van der Waals surface area contributed by atoms with Crippen molar-refractivity contribution in [3.63, 3.8) is 0 Å². The van der Waals surface area contributed by atoms with Crippen LogP contribution >= 0.6 is 12.6 Å². The van der Waals surface area contributed by atoms with E-state index in [0.29, 0.717) is 18.7 Å². The van der Waals surface area contributed by atoms with Crippen LogP contribution in [0.2, 0.25) is 0 Å². The number of thiol groups is 1. The Balaban J connectivity index is 2.83. The predicted molar refractivity (Wildman–Crippen MR) is 74.6 cm³/mol. The largest absolute Gasteiger partial charge is 0.496 e. The minimum Gasteiger partial charge on any atom is -0.496 e. The van der Waals surface area contributed by atoms with Crippen LogP contribution in [0.5, 0.6) is 11.5 Å². The molecule has 0 heterocycles. The number of rotatable bonds is 6. The van der Waals surface area contributed by atoms with Crippen LogP contribution < -0.4 is 14.8 Å². The molecule has 0 fully saturated rings. The number of nitrogens with one attached hydrogen (secondary N) is 1. The fourth-order valence-corrected chi connectivity index (χ4v) is 1.84. The standard InChI is InChI=1S/C13H19NO3S/c1-9-6-12(17-3)10(7-11(9)16-2)8-14-13(15)4-5-18/h6-7,18H,4-5,8H2,1-3H3,(H,14,15). The first kappa shape index (κ1) is 14.7. The first-order chi connectivity index (χ1) is 8.62. The summed E-state index contributed by atoms with van der Waals surface area (Å²) in [6.45, 7) is 2.37. The zero-order valence-corrected chi connectivity index (χ0v) is 11.8. The van der Waals surface area contributed by atoms with Gasteiger partial charge in [0.25, 0.3) is 0 Å². The first-order valence-corrected chi connectivity index (χ1v) is 6.34. The number of hydrogen-bond acceptors (Lipinski definition) is 4. The number of carbonyl (C=O) groups is 1. The molecule has 1 amide bonds. The average Bonchev–Trinajstić information content (AvgIpc) is 2.37. The third kappa shape index (κ3) is 3.84. The summed E-state index contributed by atoms with van der Waals surface area (Å²) in [7, 11) is 3.23. The van der Waals surface area contributed by atoms with Crippen LogP contribution in [0.25, 0.3) is 0 Å². The highest BCUT2D eigenvalue weighted by molar-refractivity contribution is 7.80. The summed E-state index contributed by atoms with van der Waals surface area (Å²) in [4.78, 5) is 11.4. The van der Waals surface area contributed by atoms with Gasteiger partial charge in [-0.15, -0.1) is 0 Å². The van der Waals surface area contributed by atoms with Crippen LogP contribution in [-0.2, 0) is 11.3 Å². The molecule has 0 radical (unpaired) electrons. The van der Waals surface area contributed by atoms with E-state index in [9.17, 15) is 4.79 Å². The van der Waals surface area contributed by atoms with Gasteiger partial charge in [-0.05, 0) is 30.4 Å². The normalized spacial score (nSPS) is 10.0. The Morgan fingerprint density at radius 3 is 2.50 bits per heavy atom. The molecule has 0 aliphatic carbocycles. The molecule has 0 bridgehead atoms. The molecular weight excluding hydrogens is 250 g/mol. The van der Waals surface area contributed by atoms with Gasteiger partial charge in [0.05, 0.1) is 14.2 Å². The van der Waals surface area contributed by atoms with E-state index in [1.165, 1.54) is 0 Å². The summed E-state index contributed by atoms with van der Waals surface area (Å²) < 4.78 is 10.6. The molecule has 1 rings (SSSR count). The van der Waals surface area contributed by atoms with Crippen molar-refractivity contribution in [3.8, 4) is 11.5 Å². The second-order valence-corrected chi connectivity index (χ2v) is 4.33. The Morgan fingerprint density at radius 1 is 1.28 bits per heavy atom. The fraction of sp³-hybridized carbons (Fsp3) is 0.462. The highest BCUT2D eigenvalue weighted by Gasteiger charge is 2.09. The van der Waals surface area contributed by atoms with Gasteiger partial charge in [0.1, 0.15) is 11.5 Å². The van der Waals surface area contributed by atoms with Gasteiger partial charge in [0, 0.05) is 18.5 Å². The number of aryl methyl sites for hydroxylation is 1. The molecule has 1 aromatic carbocycles. The van der Waals surface area contributed by atoms with E-state index in [4.69, 9.17) is 9.47 Å². The monoisotopic (exact) mass is 269 g/mol. The molecule has 0 aromatic heterocycles. The molecule has 0 saturated heterocycles. The van der Waals surface area contributed by atoms with Crippen LogP contribution in [0.3, 0.4) is 0 Å². The van der Waals surface area contributed by atoms with Gasteiger partial charge in [0.2, 0.25) is 5.91 Å². The van der Waals surface area contributed by atoms with Gasteiger partial charge in [-0.1, -0.05) is 0 Å². The van der Waals surface area contributed by atoms with Gasteiger partial charge in [0.15, 0.2) is 0 Å². The third-order valence-electron chi connectivity index (χ3n) is 2.61. The Hall–Kier alpha value is -1.36. The average molecular weight is 269 g/mol. The molecule has 0 aliphatic heterocycles. The van der Waals surface area contributed by atoms with Crippen molar-refractivity contribution in [2.75, 3.05) is 20.0 Å². The molecule has 0 aliphatic rings. The molecule has 0 unspecified atom stereocenters. The van der Waals surface area contributed by atoms with Crippen LogP contribution in [-0.4, -0.2) is 25.9 Å². The summed E-state index contributed by atoms with van der Waals surface area (Å²) >= 11 is 4.02. The molecule has 18 heavy (non-hydrogen) atoms. The Bertz CT molecular complexity index is 421. The number of hydrogen-bond donors (Lipinski definition) is 2. The number of benzene rings is 1. The number of methoxy groups -OCH3 is 2. The van der Waals surface area contributed by atoms with E-state index in [0.717, 1.165) is 22.6 Å². The first-order valence-electron chi connectivity index (χ1n) is 5.71. The Kier molecular flexibility index (Phi) is 5.85. The van der Waals surface area contributed by atoms with Gasteiger partial charge >= 0.3 is 0 Å². The molecule has 0 saturated carbocycles. The second kappa shape index (κ2) is 7.16. The van der Waals surface area contributed by atoms with Gasteiger partial charge < -0.3 is 14.8 Å². The van der Waals surface area contributed by atoms with Crippen LogP contribution in [0, 0.1) is 6.92 Å². The maximum atomic E-state index is 11.4. The molecule has 5 heteroatoms. The zero-order chi connectivity index (χ0) is 13.5. The summed E-state index contributed by atoms with van der Waals surface area (Å²) in [6, 6.07) is 3.79. The van der Waals surface area contributed by atoms with E-state index in [2.05, 4.69) is 17.9 Å². The van der Waals surface area contributed by atoms with E-state index in [1.807, 2.05) is 19.1 Å². The molecule has 1 N–H and O–H groups in total. The van der Waals surface area contributed by atoms with Gasteiger partial charge in [-0.2, -0.15) is 12.6 Å². The molecule has 0 spiro atoms. The lowest BCUT2D eigenvalue weighted by atomic mass is 10.1. The van der Waals surface area contributed by atoms with Crippen molar-refractivity contribution in [1.29, 1.82) is 0 Å². The van der Waals surface area contributed by atoms with Gasteiger partial charge in [-0.3, -0.25) is 4.79 Å². The maximum absolute atomic E-state index is 11.4. The number of ether oxygens (including phenoxy) is 2. The lowest BCUT2D eigenvalue weighted by Gasteiger charge is -2.13. The lowest BCUT2D eigenvalue weighted by Crippen LogP contribution is -2.23. The van der Waals surface area contributed by atoms with Crippen molar-refractivity contribution in [2.45, 2.75) is 19.9 Å². The van der Waals surface area contributed by atoms with Crippen molar-refractivity contribution in [1.82, 2.24) is 5.32 Å². The zero-order valence-electron chi connectivity index (χ0n) is 10.9. The van der Waals surface area contributed by atoms with E-state index >= 15 is 0 Å². The topological polar surface area (TPSA) is 47.6 Å². The Morgan fingerprint density at radius 2 is 1.94 bits per heavy atom. The SMILES string of the molecule is COc1cc(CNC(=O)CCS)c(OC)cc1C. The minimum atomic E-state index is -0.0217. The minimum absolute atomic E-state index is 0.0217. The summed E-state index contributed by atoms with van der Waals surface area (Å²) in [5.41, 5.74) is 1.90.